The van der Waals surface area contributed by atoms with E-state index < -0.39 is 0 Å². The number of halogens is 1. The summed E-state index contributed by atoms with van der Waals surface area (Å²) in [5, 5.41) is 2.98. The molecule has 0 saturated heterocycles. The Labute approximate surface area is 80.7 Å². The van der Waals surface area contributed by atoms with E-state index in [1.807, 2.05) is 6.92 Å². The van der Waals surface area contributed by atoms with Crippen molar-refractivity contribution >= 4 is 22.9 Å². The van der Waals surface area contributed by atoms with Crippen molar-refractivity contribution in [1.82, 2.24) is 0 Å². The van der Waals surface area contributed by atoms with E-state index >= 15 is 0 Å². The summed E-state index contributed by atoms with van der Waals surface area (Å²) in [6, 6.07) is 4.33. The Bertz CT molecular complexity index is 367. The van der Waals surface area contributed by atoms with Crippen molar-refractivity contribution in [2.24, 2.45) is 0 Å². The summed E-state index contributed by atoms with van der Waals surface area (Å²) in [6.45, 7) is 1.82. The van der Waals surface area contributed by atoms with Gasteiger partial charge in [-0.2, -0.15) is 0 Å². The van der Waals surface area contributed by atoms with Crippen LogP contribution in [0.15, 0.2) is 18.2 Å². The first-order valence-electron chi connectivity index (χ1n) is 3.94. The molecule has 0 aliphatic carbocycles. The summed E-state index contributed by atoms with van der Waals surface area (Å²) < 4.78 is 18.2. The van der Waals surface area contributed by atoms with Crippen LogP contribution in [-0.4, -0.2) is 11.1 Å². The largest absolute Gasteiger partial charge is 0.481 e. The molecule has 2 rings (SSSR count). The van der Waals surface area contributed by atoms with Crippen molar-refractivity contribution in [3.8, 4) is 5.75 Å². The summed E-state index contributed by atoms with van der Waals surface area (Å²) in [4.78, 5) is 0.624. The van der Waals surface area contributed by atoms with E-state index in [0.29, 0.717) is 10.7 Å². The first-order chi connectivity index (χ1) is 6.16. The number of anilines is 1. The standard InChI is InChI=1S/C9H8FNOS/c1-5-9(13)11-7-3-2-6(10)4-8(7)12-5/h2-5H,1H3,(H,11,13). The SMILES string of the molecule is CC1Oc2cc(F)ccc2NC1=S. The van der Waals surface area contributed by atoms with Crippen LogP contribution in [0.1, 0.15) is 6.92 Å². The lowest BCUT2D eigenvalue weighted by Gasteiger charge is -2.25. The number of hydrogen-bond donors (Lipinski definition) is 1. The molecule has 2 nitrogen and oxygen atoms in total. The average Bonchev–Trinajstić information content (AvgIpc) is 2.08. The number of ether oxygens (including phenoxy) is 1. The molecule has 13 heavy (non-hydrogen) atoms. The molecule has 0 fully saturated rings. The molecule has 0 amide bonds. The van der Waals surface area contributed by atoms with E-state index in [4.69, 9.17) is 17.0 Å². The first kappa shape index (κ1) is 8.44. The van der Waals surface area contributed by atoms with Gasteiger partial charge in [-0.25, -0.2) is 4.39 Å². The molecular weight excluding hydrogens is 189 g/mol. The zero-order valence-electron chi connectivity index (χ0n) is 7.00. The molecule has 1 heterocycles. The van der Waals surface area contributed by atoms with Crippen molar-refractivity contribution in [2.45, 2.75) is 13.0 Å². The van der Waals surface area contributed by atoms with E-state index in [2.05, 4.69) is 5.32 Å². The molecule has 4 heteroatoms. The predicted molar refractivity (Wildman–Crippen MR) is 52.7 cm³/mol. The van der Waals surface area contributed by atoms with E-state index in [9.17, 15) is 4.39 Å². The third kappa shape index (κ3) is 1.49. The Kier molecular flexibility index (Phi) is 1.92. The van der Waals surface area contributed by atoms with Crippen LogP contribution in [0, 0.1) is 5.82 Å². The highest BCUT2D eigenvalue weighted by atomic mass is 32.1. The Morgan fingerprint density at radius 1 is 1.54 bits per heavy atom. The first-order valence-corrected chi connectivity index (χ1v) is 4.35. The van der Waals surface area contributed by atoms with Crippen LogP contribution in [-0.2, 0) is 0 Å². The van der Waals surface area contributed by atoms with Crippen molar-refractivity contribution in [3.05, 3.63) is 24.0 Å². The minimum absolute atomic E-state index is 0.190. The van der Waals surface area contributed by atoms with Gasteiger partial charge < -0.3 is 10.1 Å². The minimum Gasteiger partial charge on any atom is -0.481 e. The minimum atomic E-state index is -0.305. The maximum Gasteiger partial charge on any atom is 0.146 e. The normalized spacial score (nSPS) is 20.2. The number of thiocarbonyl (C=S) groups is 1. The van der Waals surface area contributed by atoms with Gasteiger partial charge >= 0.3 is 0 Å². The number of benzene rings is 1. The van der Waals surface area contributed by atoms with Crippen LogP contribution in [0.3, 0.4) is 0 Å². The van der Waals surface area contributed by atoms with Gasteiger partial charge in [-0.15, -0.1) is 0 Å². The van der Waals surface area contributed by atoms with Gasteiger partial charge in [0, 0.05) is 6.07 Å². The van der Waals surface area contributed by atoms with Crippen LogP contribution < -0.4 is 10.1 Å². The third-order valence-corrected chi connectivity index (χ3v) is 2.31. The fourth-order valence-electron chi connectivity index (χ4n) is 1.18. The molecule has 0 saturated carbocycles. The summed E-state index contributed by atoms with van der Waals surface area (Å²) in [5.41, 5.74) is 0.726. The molecule has 0 bridgehead atoms. The second-order valence-corrected chi connectivity index (χ2v) is 3.33. The fraction of sp³-hybridized carbons (Fsp3) is 0.222. The zero-order valence-corrected chi connectivity index (χ0v) is 7.82. The molecule has 1 aliphatic rings. The van der Waals surface area contributed by atoms with E-state index in [1.54, 1.807) is 6.07 Å². The number of rotatable bonds is 0. The number of nitrogens with one attached hydrogen (secondary N) is 1. The second-order valence-electron chi connectivity index (χ2n) is 2.89. The van der Waals surface area contributed by atoms with Gasteiger partial charge in [0.1, 0.15) is 22.7 Å². The van der Waals surface area contributed by atoms with Crippen molar-refractivity contribution in [2.75, 3.05) is 5.32 Å². The smallest absolute Gasteiger partial charge is 0.146 e. The zero-order chi connectivity index (χ0) is 9.42. The van der Waals surface area contributed by atoms with Gasteiger partial charge in [0.05, 0.1) is 5.69 Å². The average molecular weight is 197 g/mol. The Hall–Kier alpha value is -1.16. The molecule has 0 aromatic heterocycles. The molecule has 1 aromatic carbocycles. The van der Waals surface area contributed by atoms with Crippen LogP contribution in [0.25, 0.3) is 0 Å². The molecular formula is C9H8FNOS. The maximum absolute atomic E-state index is 12.8. The molecule has 1 atom stereocenters. The van der Waals surface area contributed by atoms with Crippen LogP contribution in [0.5, 0.6) is 5.75 Å². The topological polar surface area (TPSA) is 21.3 Å². The van der Waals surface area contributed by atoms with Gasteiger partial charge in [-0.1, -0.05) is 12.2 Å². The maximum atomic E-state index is 12.8. The molecule has 68 valence electrons. The fourth-order valence-corrected chi connectivity index (χ4v) is 1.33. The van der Waals surface area contributed by atoms with Crippen LogP contribution in [0.2, 0.25) is 0 Å². The van der Waals surface area contributed by atoms with Gasteiger partial charge in [0.15, 0.2) is 0 Å². The lowest BCUT2D eigenvalue weighted by atomic mass is 10.2. The Morgan fingerprint density at radius 3 is 3.08 bits per heavy atom. The van der Waals surface area contributed by atoms with Gasteiger partial charge in [0.25, 0.3) is 0 Å². The summed E-state index contributed by atoms with van der Waals surface area (Å²) in [7, 11) is 0. The monoisotopic (exact) mass is 197 g/mol. The highest BCUT2D eigenvalue weighted by molar-refractivity contribution is 7.80. The highest BCUT2D eigenvalue weighted by Crippen LogP contribution is 2.30. The lowest BCUT2D eigenvalue weighted by Crippen LogP contribution is -2.32. The van der Waals surface area contributed by atoms with Gasteiger partial charge in [-0.05, 0) is 19.1 Å². The van der Waals surface area contributed by atoms with Gasteiger partial charge in [-0.3, -0.25) is 0 Å². The second kappa shape index (κ2) is 2.96. The van der Waals surface area contributed by atoms with Crippen molar-refractivity contribution < 1.29 is 9.13 Å². The molecule has 0 radical (unpaired) electrons. The number of hydrogen-bond acceptors (Lipinski definition) is 2. The van der Waals surface area contributed by atoms with Crippen molar-refractivity contribution in [3.63, 3.8) is 0 Å². The van der Waals surface area contributed by atoms with Crippen LogP contribution >= 0.6 is 12.2 Å². The summed E-state index contributed by atoms with van der Waals surface area (Å²) in [5.74, 6) is 0.210. The molecule has 1 unspecified atom stereocenters. The lowest BCUT2D eigenvalue weighted by molar-refractivity contribution is 0.284. The van der Waals surface area contributed by atoms with E-state index in [-0.39, 0.29) is 11.9 Å². The van der Waals surface area contributed by atoms with E-state index in [0.717, 1.165) is 5.69 Å². The molecule has 0 spiro atoms. The third-order valence-electron chi connectivity index (χ3n) is 1.87. The quantitative estimate of drug-likeness (QED) is 0.645. The molecule has 1 aliphatic heterocycles. The Morgan fingerprint density at radius 2 is 2.31 bits per heavy atom. The highest BCUT2D eigenvalue weighted by Gasteiger charge is 2.20. The summed E-state index contributed by atoms with van der Waals surface area (Å²) >= 11 is 5.01. The van der Waals surface area contributed by atoms with E-state index in [1.165, 1.54) is 12.1 Å². The van der Waals surface area contributed by atoms with Crippen molar-refractivity contribution in [1.29, 1.82) is 0 Å². The Balaban J connectivity index is 2.42. The number of fused-ring (bicyclic) bond motifs is 1. The predicted octanol–water partition coefficient (Wildman–Crippen LogP) is 2.35. The van der Waals surface area contributed by atoms with Crippen LogP contribution in [0.4, 0.5) is 10.1 Å². The molecule has 1 N–H and O–H groups in total. The summed E-state index contributed by atoms with van der Waals surface area (Å²) in [6.07, 6.45) is -0.190. The van der Waals surface area contributed by atoms with Gasteiger partial charge in [0.2, 0.25) is 0 Å². The molecule has 1 aromatic rings.